The summed E-state index contributed by atoms with van der Waals surface area (Å²) in [5.41, 5.74) is 1.18. The molecule has 1 fully saturated rings. The van der Waals surface area contributed by atoms with Crippen molar-refractivity contribution in [3.05, 3.63) is 30.1 Å². The van der Waals surface area contributed by atoms with Gasteiger partial charge in [-0.2, -0.15) is 0 Å². The molecule has 0 bridgehead atoms. The smallest absolute Gasteiger partial charge is 0.407 e. The first-order chi connectivity index (χ1) is 17.9. The van der Waals surface area contributed by atoms with Crippen molar-refractivity contribution in [3.8, 4) is 0 Å². The number of para-hydroxylation sites is 2. The second-order valence-corrected chi connectivity index (χ2v) is 11.6. The molecule has 1 aromatic heterocycles. The summed E-state index contributed by atoms with van der Waals surface area (Å²) in [7, 11) is 1.67. The van der Waals surface area contributed by atoms with E-state index in [-0.39, 0.29) is 30.8 Å². The summed E-state index contributed by atoms with van der Waals surface area (Å²) in [6.45, 7) is 11.7. The van der Waals surface area contributed by atoms with Crippen LogP contribution >= 0.6 is 0 Å². The fourth-order valence-electron chi connectivity index (χ4n) is 5.02. The topological polar surface area (TPSA) is 117 Å². The maximum Gasteiger partial charge on any atom is 0.407 e. The number of amides is 3. The van der Waals surface area contributed by atoms with Crippen LogP contribution in [0.3, 0.4) is 0 Å². The van der Waals surface area contributed by atoms with E-state index in [0.717, 1.165) is 23.9 Å². The van der Waals surface area contributed by atoms with Crippen LogP contribution < -0.4 is 5.32 Å². The van der Waals surface area contributed by atoms with Gasteiger partial charge in [0, 0.05) is 45.4 Å². The number of imidazole rings is 1. The predicted molar refractivity (Wildman–Crippen MR) is 146 cm³/mol. The zero-order valence-corrected chi connectivity index (χ0v) is 23.6. The van der Waals surface area contributed by atoms with Crippen molar-refractivity contribution in [2.45, 2.75) is 72.0 Å². The number of hydrogen-bond acceptors (Lipinski definition) is 5. The average molecular weight is 530 g/mol. The van der Waals surface area contributed by atoms with Crippen molar-refractivity contribution in [1.29, 1.82) is 0 Å². The Labute approximate surface area is 225 Å². The molecule has 210 valence electrons. The summed E-state index contributed by atoms with van der Waals surface area (Å²) in [5.74, 6) is -0.517. The molecule has 0 unspecified atom stereocenters. The third-order valence-corrected chi connectivity index (χ3v) is 6.66. The van der Waals surface area contributed by atoms with Gasteiger partial charge in [-0.15, -0.1) is 0 Å². The Morgan fingerprint density at radius 2 is 1.89 bits per heavy atom. The van der Waals surface area contributed by atoms with Gasteiger partial charge < -0.3 is 29.5 Å². The molecular formula is C28H43N5O5. The van der Waals surface area contributed by atoms with Crippen molar-refractivity contribution < 1.29 is 24.2 Å². The van der Waals surface area contributed by atoms with E-state index >= 15 is 0 Å². The van der Waals surface area contributed by atoms with Crippen molar-refractivity contribution >= 4 is 28.9 Å². The largest absolute Gasteiger partial charge is 0.465 e. The van der Waals surface area contributed by atoms with Gasteiger partial charge in [0.2, 0.25) is 5.91 Å². The molecule has 1 aliphatic rings. The van der Waals surface area contributed by atoms with Gasteiger partial charge in [0.1, 0.15) is 0 Å². The third kappa shape index (κ3) is 7.46. The SMILES string of the molecule is COCCCCn1c(C(=O)N(CC(C)C)[C@H]2C[C@@H](C(=O)NC(C)(C)C)CN(C(=O)O)C2)nc2ccccc21. The van der Waals surface area contributed by atoms with E-state index in [1.807, 2.05) is 63.5 Å². The number of fused-ring (bicyclic) bond motifs is 1. The van der Waals surface area contributed by atoms with Gasteiger partial charge in [-0.05, 0) is 58.1 Å². The average Bonchev–Trinajstić information content (AvgIpc) is 3.22. The van der Waals surface area contributed by atoms with Crippen molar-refractivity contribution in [3.63, 3.8) is 0 Å². The molecule has 2 N–H and O–H groups in total. The highest BCUT2D eigenvalue weighted by molar-refractivity contribution is 5.95. The van der Waals surface area contributed by atoms with Crippen LogP contribution in [-0.2, 0) is 16.1 Å². The van der Waals surface area contributed by atoms with Crippen molar-refractivity contribution in [2.75, 3.05) is 33.4 Å². The second kappa shape index (κ2) is 12.6. The Bertz CT molecular complexity index is 1120. The minimum absolute atomic E-state index is 0.107. The highest BCUT2D eigenvalue weighted by Crippen LogP contribution is 2.26. The maximum atomic E-state index is 14.2. The van der Waals surface area contributed by atoms with E-state index in [2.05, 4.69) is 5.32 Å². The molecule has 38 heavy (non-hydrogen) atoms. The summed E-state index contributed by atoms with van der Waals surface area (Å²) in [6, 6.07) is 7.23. The van der Waals surface area contributed by atoms with Gasteiger partial charge in [-0.1, -0.05) is 26.0 Å². The number of benzene rings is 1. The van der Waals surface area contributed by atoms with E-state index in [1.54, 1.807) is 12.0 Å². The number of unbranched alkanes of at least 4 members (excludes halogenated alkanes) is 1. The lowest BCUT2D eigenvalue weighted by Crippen LogP contribution is -2.58. The molecule has 0 saturated carbocycles. The summed E-state index contributed by atoms with van der Waals surface area (Å²) in [5, 5.41) is 12.8. The monoisotopic (exact) mass is 529 g/mol. The molecule has 2 atom stereocenters. The summed E-state index contributed by atoms with van der Waals surface area (Å²) in [4.78, 5) is 47.1. The molecule has 0 aliphatic carbocycles. The molecule has 1 saturated heterocycles. The summed E-state index contributed by atoms with van der Waals surface area (Å²) in [6.07, 6.45) is 0.973. The molecule has 0 spiro atoms. The number of carboxylic acid groups (broad SMARTS) is 1. The third-order valence-electron chi connectivity index (χ3n) is 6.66. The lowest BCUT2D eigenvalue weighted by Gasteiger charge is -2.42. The van der Waals surface area contributed by atoms with Gasteiger partial charge in [0.25, 0.3) is 5.91 Å². The number of rotatable bonds is 10. The molecule has 0 radical (unpaired) electrons. The van der Waals surface area contributed by atoms with E-state index in [9.17, 15) is 19.5 Å². The lowest BCUT2D eigenvalue weighted by atomic mass is 9.91. The second-order valence-electron chi connectivity index (χ2n) is 11.6. The fraction of sp³-hybridized carbons (Fsp3) is 0.643. The number of piperidine rings is 1. The van der Waals surface area contributed by atoms with Crippen LogP contribution in [0.1, 0.15) is 64.5 Å². The van der Waals surface area contributed by atoms with Crippen LogP contribution in [0.2, 0.25) is 0 Å². The highest BCUT2D eigenvalue weighted by Gasteiger charge is 2.40. The molecule has 1 aliphatic heterocycles. The lowest BCUT2D eigenvalue weighted by molar-refractivity contribution is -0.128. The molecule has 1 aromatic carbocycles. The quantitative estimate of drug-likeness (QED) is 0.452. The minimum Gasteiger partial charge on any atom is -0.465 e. The van der Waals surface area contributed by atoms with E-state index in [0.29, 0.717) is 31.9 Å². The standard InChI is InChI=1S/C28H43N5O5/c1-19(2)16-33(21-15-20(17-31(18-21)27(36)37)25(34)30-28(3,4)5)26(35)24-29-22-11-7-8-12-23(22)32(24)13-9-10-14-38-6/h7-8,11-12,19-21H,9-10,13-18H2,1-6H3,(H,30,34)(H,36,37)/t20-,21+/m1/s1. The molecule has 2 aromatic rings. The number of nitrogens with zero attached hydrogens (tertiary/aromatic N) is 4. The number of methoxy groups -OCH3 is 1. The van der Waals surface area contributed by atoms with Crippen molar-refractivity contribution in [1.82, 2.24) is 24.7 Å². The number of nitrogens with one attached hydrogen (secondary N) is 1. The number of carbonyl (C=O) groups excluding carboxylic acids is 2. The van der Waals surface area contributed by atoms with E-state index in [4.69, 9.17) is 9.72 Å². The Morgan fingerprint density at radius 3 is 2.53 bits per heavy atom. The number of carbonyl (C=O) groups is 3. The molecule has 10 nitrogen and oxygen atoms in total. The minimum atomic E-state index is -1.09. The Kier molecular flexibility index (Phi) is 9.76. The van der Waals surface area contributed by atoms with Crippen LogP contribution in [0.25, 0.3) is 11.0 Å². The molecular weight excluding hydrogens is 486 g/mol. The predicted octanol–water partition coefficient (Wildman–Crippen LogP) is 3.84. The molecule has 10 heteroatoms. The van der Waals surface area contributed by atoms with Gasteiger partial charge in [-0.3, -0.25) is 9.59 Å². The Morgan fingerprint density at radius 1 is 1.18 bits per heavy atom. The first-order valence-corrected chi connectivity index (χ1v) is 13.5. The number of hydrogen-bond donors (Lipinski definition) is 2. The highest BCUT2D eigenvalue weighted by atomic mass is 16.5. The van der Waals surface area contributed by atoms with E-state index in [1.165, 1.54) is 4.90 Å². The molecule has 3 amide bonds. The van der Waals surface area contributed by atoms with Crippen LogP contribution in [0, 0.1) is 11.8 Å². The fourth-order valence-corrected chi connectivity index (χ4v) is 5.02. The number of likely N-dealkylation sites (tertiary alicyclic amines) is 1. The van der Waals surface area contributed by atoms with Crippen LogP contribution in [0.15, 0.2) is 24.3 Å². The molecule has 3 rings (SSSR count). The Balaban J connectivity index is 1.97. The van der Waals surface area contributed by atoms with Gasteiger partial charge >= 0.3 is 6.09 Å². The van der Waals surface area contributed by atoms with Gasteiger partial charge in [0.05, 0.1) is 23.0 Å². The normalized spacial score (nSPS) is 18.1. The van der Waals surface area contributed by atoms with Crippen LogP contribution in [0.5, 0.6) is 0 Å². The number of aryl methyl sites for hydroxylation is 1. The van der Waals surface area contributed by atoms with Crippen molar-refractivity contribution in [2.24, 2.45) is 11.8 Å². The van der Waals surface area contributed by atoms with E-state index < -0.39 is 23.6 Å². The van der Waals surface area contributed by atoms with Gasteiger partial charge in [-0.25, -0.2) is 9.78 Å². The zero-order valence-electron chi connectivity index (χ0n) is 23.6. The molecule has 2 heterocycles. The zero-order chi connectivity index (χ0) is 28.0. The van der Waals surface area contributed by atoms with Gasteiger partial charge in [0.15, 0.2) is 5.82 Å². The Hall–Kier alpha value is -3.14. The number of aromatic nitrogens is 2. The summed E-state index contributed by atoms with van der Waals surface area (Å²) >= 11 is 0. The first-order valence-electron chi connectivity index (χ1n) is 13.5. The first kappa shape index (κ1) is 29.4. The number of ether oxygens (including phenoxy) is 1. The van der Waals surface area contributed by atoms with Crippen LogP contribution in [-0.4, -0.2) is 87.3 Å². The van der Waals surface area contributed by atoms with Crippen LogP contribution in [0.4, 0.5) is 4.79 Å². The summed E-state index contributed by atoms with van der Waals surface area (Å²) < 4.78 is 7.15. The maximum absolute atomic E-state index is 14.2.